The Morgan fingerprint density at radius 1 is 0.972 bits per heavy atom. The summed E-state index contributed by atoms with van der Waals surface area (Å²) >= 11 is 5.21. The highest BCUT2D eigenvalue weighted by atomic mass is 79.9. The maximum absolute atomic E-state index is 13.7. The van der Waals surface area contributed by atoms with Crippen LogP contribution in [0.2, 0.25) is 0 Å². The van der Waals surface area contributed by atoms with Gasteiger partial charge in [-0.15, -0.1) is 11.8 Å². The Labute approximate surface area is 228 Å². The molecule has 0 heterocycles. The molecule has 0 bridgehead atoms. The molecule has 0 radical (unpaired) electrons. The number of amides is 2. The van der Waals surface area contributed by atoms with Crippen LogP contribution in [0.4, 0.5) is 0 Å². The van der Waals surface area contributed by atoms with E-state index in [0.29, 0.717) is 31.7 Å². The summed E-state index contributed by atoms with van der Waals surface area (Å²) in [6, 6.07) is 25.6. The second kappa shape index (κ2) is 14.9. The summed E-state index contributed by atoms with van der Waals surface area (Å²) in [5.74, 6) is 0.551. The van der Waals surface area contributed by atoms with Crippen LogP contribution in [0, 0.1) is 6.92 Å². The lowest BCUT2D eigenvalue weighted by Crippen LogP contribution is -2.50. The van der Waals surface area contributed by atoms with Gasteiger partial charge < -0.3 is 10.2 Å². The summed E-state index contributed by atoms with van der Waals surface area (Å²) in [4.78, 5) is 30.0. The van der Waals surface area contributed by atoms with Crippen molar-refractivity contribution >= 4 is 39.5 Å². The van der Waals surface area contributed by atoms with Crippen molar-refractivity contribution in [2.45, 2.75) is 57.0 Å². The Morgan fingerprint density at radius 3 is 2.39 bits per heavy atom. The Balaban J connectivity index is 1.82. The average Bonchev–Trinajstić information content (AvgIpc) is 2.88. The highest BCUT2D eigenvalue weighted by molar-refractivity contribution is 9.10. The fraction of sp³-hybridized carbons (Fsp3) is 0.333. The van der Waals surface area contributed by atoms with Gasteiger partial charge in [-0.2, -0.15) is 0 Å². The fourth-order valence-corrected chi connectivity index (χ4v) is 5.21. The number of nitrogens with zero attached hydrogens (tertiary/aromatic N) is 1. The number of halogens is 1. The molecular formula is C30H35BrN2O2S. The quantitative estimate of drug-likeness (QED) is 0.183. The predicted molar refractivity (Wildman–Crippen MR) is 153 cm³/mol. The number of unbranched alkanes of at least 4 members (excludes halogenated alkanes) is 1. The van der Waals surface area contributed by atoms with Gasteiger partial charge in [-0.05, 0) is 48.7 Å². The van der Waals surface area contributed by atoms with Gasteiger partial charge in [0.25, 0.3) is 0 Å². The molecule has 0 aliphatic rings. The lowest BCUT2D eigenvalue weighted by atomic mass is 10.0. The van der Waals surface area contributed by atoms with Crippen LogP contribution in [-0.4, -0.2) is 35.1 Å². The summed E-state index contributed by atoms with van der Waals surface area (Å²) < 4.78 is 0.953. The number of nitrogens with one attached hydrogen (secondary N) is 1. The molecule has 0 aromatic heterocycles. The van der Waals surface area contributed by atoms with Gasteiger partial charge in [0.1, 0.15) is 6.04 Å². The first-order chi connectivity index (χ1) is 17.5. The third-order valence-corrected chi connectivity index (χ3v) is 7.46. The lowest BCUT2D eigenvalue weighted by molar-refractivity contribution is -0.141. The van der Waals surface area contributed by atoms with E-state index >= 15 is 0 Å². The summed E-state index contributed by atoms with van der Waals surface area (Å²) in [6.07, 6.45) is 2.75. The standard InChI is InChI=1S/C30H35BrN2O2S/c1-3-4-18-32-30(35)28(21-24-9-6-5-7-10-24)33(22-25-11-8-12-26(31)20-25)29(34)17-19-36-27-15-13-23(2)14-16-27/h5-16,20,28H,3-4,17-19,21-22H2,1-2H3,(H,32,35)/t28-/m0/s1. The van der Waals surface area contributed by atoms with Crippen molar-refractivity contribution in [3.05, 3.63) is 100 Å². The van der Waals surface area contributed by atoms with E-state index in [1.54, 1.807) is 16.7 Å². The first kappa shape index (κ1) is 28.0. The van der Waals surface area contributed by atoms with Crippen LogP contribution in [0.15, 0.2) is 88.2 Å². The molecule has 4 nitrogen and oxygen atoms in total. The first-order valence-electron chi connectivity index (χ1n) is 12.5. The zero-order chi connectivity index (χ0) is 25.8. The topological polar surface area (TPSA) is 49.4 Å². The van der Waals surface area contributed by atoms with E-state index < -0.39 is 6.04 Å². The third-order valence-electron chi connectivity index (χ3n) is 5.95. The Hall–Kier alpha value is -2.57. The Bertz CT molecular complexity index is 1110. The molecule has 3 rings (SSSR count). The van der Waals surface area contributed by atoms with Gasteiger partial charge in [-0.25, -0.2) is 0 Å². The SMILES string of the molecule is CCCCNC(=O)[C@H](Cc1ccccc1)N(Cc1cccc(Br)c1)C(=O)CCSc1ccc(C)cc1. The summed E-state index contributed by atoms with van der Waals surface area (Å²) in [5, 5.41) is 3.08. The molecule has 0 fully saturated rings. The molecule has 190 valence electrons. The van der Waals surface area contributed by atoms with Crippen LogP contribution >= 0.6 is 27.7 Å². The monoisotopic (exact) mass is 566 g/mol. The molecular weight excluding hydrogens is 532 g/mol. The van der Waals surface area contributed by atoms with Crippen molar-refractivity contribution in [2.24, 2.45) is 0 Å². The van der Waals surface area contributed by atoms with Crippen molar-refractivity contribution in [2.75, 3.05) is 12.3 Å². The fourth-order valence-electron chi connectivity index (χ4n) is 3.93. The van der Waals surface area contributed by atoms with Crippen molar-refractivity contribution in [3.8, 4) is 0 Å². The number of carbonyl (C=O) groups excluding carboxylic acids is 2. The van der Waals surface area contributed by atoms with Gasteiger partial charge in [0.2, 0.25) is 11.8 Å². The predicted octanol–water partition coefficient (Wildman–Crippen LogP) is 6.80. The van der Waals surface area contributed by atoms with Crippen LogP contribution in [0.5, 0.6) is 0 Å². The Kier molecular flexibility index (Phi) is 11.6. The largest absolute Gasteiger partial charge is 0.354 e. The molecule has 0 unspecified atom stereocenters. The zero-order valence-corrected chi connectivity index (χ0v) is 23.5. The minimum atomic E-state index is -0.583. The second-order valence-electron chi connectivity index (χ2n) is 8.91. The van der Waals surface area contributed by atoms with Crippen molar-refractivity contribution in [1.82, 2.24) is 10.2 Å². The summed E-state index contributed by atoms with van der Waals surface area (Å²) in [6.45, 7) is 5.16. The molecule has 6 heteroatoms. The molecule has 1 atom stereocenters. The third kappa shape index (κ3) is 9.14. The minimum Gasteiger partial charge on any atom is -0.354 e. The van der Waals surface area contributed by atoms with Crippen LogP contribution in [-0.2, 0) is 22.6 Å². The van der Waals surface area contributed by atoms with Gasteiger partial charge >= 0.3 is 0 Å². The number of thioether (sulfide) groups is 1. The van der Waals surface area contributed by atoms with Crippen LogP contribution in [0.1, 0.15) is 42.9 Å². The number of rotatable bonds is 13. The van der Waals surface area contributed by atoms with Crippen LogP contribution < -0.4 is 5.32 Å². The van der Waals surface area contributed by atoms with E-state index in [4.69, 9.17) is 0 Å². The number of carbonyl (C=O) groups is 2. The maximum Gasteiger partial charge on any atom is 0.243 e. The van der Waals surface area contributed by atoms with Gasteiger partial charge in [0.15, 0.2) is 0 Å². The van der Waals surface area contributed by atoms with Gasteiger partial charge in [0, 0.05) is 41.1 Å². The molecule has 0 saturated carbocycles. The number of hydrogen-bond donors (Lipinski definition) is 1. The molecule has 36 heavy (non-hydrogen) atoms. The lowest BCUT2D eigenvalue weighted by Gasteiger charge is -2.31. The normalized spacial score (nSPS) is 11.6. The number of hydrogen-bond acceptors (Lipinski definition) is 3. The molecule has 1 N–H and O–H groups in total. The zero-order valence-electron chi connectivity index (χ0n) is 21.1. The average molecular weight is 568 g/mol. The van der Waals surface area contributed by atoms with Gasteiger partial charge in [-0.1, -0.05) is 89.4 Å². The minimum absolute atomic E-state index is 0.0128. The van der Waals surface area contributed by atoms with Crippen molar-refractivity contribution in [3.63, 3.8) is 0 Å². The molecule has 0 aliphatic carbocycles. The number of aryl methyl sites for hydroxylation is 1. The molecule has 3 aromatic carbocycles. The van der Waals surface area contributed by atoms with E-state index in [0.717, 1.165) is 33.3 Å². The van der Waals surface area contributed by atoms with E-state index in [2.05, 4.69) is 59.4 Å². The van der Waals surface area contributed by atoms with Gasteiger partial charge in [0.05, 0.1) is 0 Å². The smallest absolute Gasteiger partial charge is 0.243 e. The Morgan fingerprint density at radius 2 is 1.69 bits per heavy atom. The maximum atomic E-state index is 13.7. The highest BCUT2D eigenvalue weighted by Crippen LogP contribution is 2.22. The molecule has 0 saturated heterocycles. The van der Waals surface area contributed by atoms with E-state index in [1.807, 2.05) is 54.6 Å². The number of benzene rings is 3. The van der Waals surface area contributed by atoms with Crippen LogP contribution in [0.3, 0.4) is 0 Å². The molecule has 3 aromatic rings. The highest BCUT2D eigenvalue weighted by Gasteiger charge is 2.30. The summed E-state index contributed by atoms with van der Waals surface area (Å²) in [5.41, 5.74) is 3.24. The molecule has 2 amide bonds. The van der Waals surface area contributed by atoms with E-state index in [9.17, 15) is 9.59 Å². The van der Waals surface area contributed by atoms with E-state index in [1.165, 1.54) is 5.56 Å². The van der Waals surface area contributed by atoms with Crippen molar-refractivity contribution in [1.29, 1.82) is 0 Å². The molecule has 0 aliphatic heterocycles. The van der Waals surface area contributed by atoms with Crippen molar-refractivity contribution < 1.29 is 9.59 Å². The van der Waals surface area contributed by atoms with E-state index in [-0.39, 0.29) is 11.8 Å². The first-order valence-corrected chi connectivity index (χ1v) is 14.3. The van der Waals surface area contributed by atoms with Crippen LogP contribution in [0.25, 0.3) is 0 Å². The van der Waals surface area contributed by atoms with Gasteiger partial charge in [-0.3, -0.25) is 9.59 Å². The summed E-state index contributed by atoms with van der Waals surface area (Å²) in [7, 11) is 0. The molecule has 0 spiro atoms. The second-order valence-corrected chi connectivity index (χ2v) is 11.0.